The third-order valence-corrected chi connectivity index (χ3v) is 4.96. The lowest BCUT2D eigenvalue weighted by atomic mass is 9.92. The quantitative estimate of drug-likeness (QED) is 0.520. The van der Waals surface area contributed by atoms with Crippen molar-refractivity contribution in [2.45, 2.75) is 24.4 Å². The zero-order valence-corrected chi connectivity index (χ0v) is 15.9. The Morgan fingerprint density at radius 3 is 2.84 bits per heavy atom. The van der Waals surface area contributed by atoms with Crippen LogP contribution in [0.15, 0.2) is 32.6 Å². The van der Waals surface area contributed by atoms with E-state index in [1.54, 1.807) is 12.3 Å². The van der Waals surface area contributed by atoms with Gasteiger partial charge in [0, 0.05) is 16.6 Å². The summed E-state index contributed by atoms with van der Waals surface area (Å²) in [5.74, 6) is -1.49. The van der Waals surface area contributed by atoms with E-state index in [4.69, 9.17) is 0 Å². The lowest BCUT2D eigenvalue weighted by Crippen LogP contribution is -2.36. The Hall–Kier alpha value is -2.13. The van der Waals surface area contributed by atoms with Crippen molar-refractivity contribution in [2.24, 2.45) is 0 Å². The minimum atomic E-state index is -0.890. The van der Waals surface area contributed by atoms with E-state index >= 15 is 0 Å². The van der Waals surface area contributed by atoms with Crippen LogP contribution in [0.4, 0.5) is 11.5 Å². The van der Waals surface area contributed by atoms with Gasteiger partial charge in [-0.05, 0) is 36.9 Å². The number of hydrogen-bond acceptors (Lipinski definition) is 5. The summed E-state index contributed by atoms with van der Waals surface area (Å²) in [6.45, 7) is 1.86. The van der Waals surface area contributed by atoms with Crippen molar-refractivity contribution < 1.29 is 9.59 Å². The topological polar surface area (TPSA) is 104 Å². The van der Waals surface area contributed by atoms with E-state index in [1.807, 2.05) is 19.1 Å². The lowest BCUT2D eigenvalue weighted by Gasteiger charge is -2.23. The lowest BCUT2D eigenvalue weighted by molar-refractivity contribution is -0.123. The number of amides is 2. The molecule has 1 atom stereocenters. The van der Waals surface area contributed by atoms with Crippen LogP contribution in [0, 0.1) is 6.92 Å². The van der Waals surface area contributed by atoms with Gasteiger partial charge < -0.3 is 15.6 Å². The number of H-pyrrole nitrogens is 1. The summed E-state index contributed by atoms with van der Waals surface area (Å²) in [5, 5.41) is 5.76. The van der Waals surface area contributed by atoms with Crippen LogP contribution in [0.2, 0.25) is 0 Å². The van der Waals surface area contributed by atoms with E-state index in [9.17, 15) is 14.4 Å². The van der Waals surface area contributed by atoms with Gasteiger partial charge in [-0.3, -0.25) is 14.4 Å². The van der Waals surface area contributed by atoms with Gasteiger partial charge in [0.25, 0.3) is 5.56 Å². The molecule has 1 unspecified atom stereocenters. The van der Waals surface area contributed by atoms with Crippen molar-refractivity contribution in [1.29, 1.82) is 0 Å². The molecule has 3 rings (SSSR count). The number of aromatic amines is 1. The van der Waals surface area contributed by atoms with E-state index in [2.05, 4.69) is 36.5 Å². The standard InChI is InChI=1S/C16H15BrN4O3S/c1-7-5-8(17)3-4-10(7)18-14(23)9-6-11(22)19-13-12(9)15(24)21-16(20-13)25-2/h3-5,9H,6H2,1-2H3,(H,18,23)(H2,19,20,21,22,24). The Balaban J connectivity index is 1.96. The van der Waals surface area contributed by atoms with Crippen LogP contribution >= 0.6 is 27.7 Å². The highest BCUT2D eigenvalue weighted by molar-refractivity contribution is 9.10. The van der Waals surface area contributed by atoms with E-state index in [0.717, 1.165) is 10.0 Å². The van der Waals surface area contributed by atoms with E-state index in [1.165, 1.54) is 11.8 Å². The zero-order chi connectivity index (χ0) is 18.1. The second-order valence-corrected chi connectivity index (χ2v) is 7.30. The van der Waals surface area contributed by atoms with Gasteiger partial charge in [-0.2, -0.15) is 0 Å². The summed E-state index contributed by atoms with van der Waals surface area (Å²) >= 11 is 4.62. The van der Waals surface area contributed by atoms with Gasteiger partial charge in [-0.25, -0.2) is 4.98 Å². The normalized spacial score (nSPS) is 16.1. The van der Waals surface area contributed by atoms with Crippen LogP contribution < -0.4 is 16.2 Å². The molecule has 0 fully saturated rings. The molecule has 1 aliphatic rings. The number of nitrogens with zero attached hydrogens (tertiary/aromatic N) is 1. The number of anilines is 2. The molecule has 9 heteroatoms. The Labute approximate surface area is 156 Å². The molecule has 1 aromatic heterocycles. The molecule has 0 aliphatic carbocycles. The largest absolute Gasteiger partial charge is 0.325 e. The fraction of sp³-hybridized carbons (Fsp3) is 0.250. The number of benzene rings is 1. The second-order valence-electron chi connectivity index (χ2n) is 5.59. The summed E-state index contributed by atoms with van der Waals surface area (Å²) in [6.07, 6.45) is 1.66. The second kappa shape index (κ2) is 7.01. The first kappa shape index (κ1) is 17.7. The first-order valence-electron chi connectivity index (χ1n) is 7.44. The monoisotopic (exact) mass is 422 g/mol. The number of hydrogen-bond donors (Lipinski definition) is 3. The molecule has 25 heavy (non-hydrogen) atoms. The number of nitrogens with one attached hydrogen (secondary N) is 3. The minimum Gasteiger partial charge on any atom is -0.325 e. The summed E-state index contributed by atoms with van der Waals surface area (Å²) in [7, 11) is 0. The van der Waals surface area contributed by atoms with Gasteiger partial charge in [0.15, 0.2) is 5.16 Å². The highest BCUT2D eigenvalue weighted by Gasteiger charge is 2.34. The van der Waals surface area contributed by atoms with Crippen LogP contribution in [0.1, 0.15) is 23.5 Å². The fourth-order valence-corrected chi connectivity index (χ4v) is 3.51. The molecule has 130 valence electrons. The zero-order valence-electron chi connectivity index (χ0n) is 13.5. The van der Waals surface area contributed by atoms with E-state index in [-0.39, 0.29) is 23.7 Å². The maximum Gasteiger partial charge on any atom is 0.257 e. The molecule has 1 aliphatic heterocycles. The minimum absolute atomic E-state index is 0.0994. The molecule has 0 saturated carbocycles. The Morgan fingerprint density at radius 1 is 1.40 bits per heavy atom. The molecule has 0 radical (unpaired) electrons. The van der Waals surface area contributed by atoms with Crippen LogP contribution in [-0.4, -0.2) is 28.0 Å². The average molecular weight is 423 g/mol. The summed E-state index contributed by atoms with van der Waals surface area (Å²) in [4.78, 5) is 43.9. The summed E-state index contributed by atoms with van der Waals surface area (Å²) in [6, 6.07) is 5.44. The summed E-state index contributed by atoms with van der Waals surface area (Å²) < 4.78 is 0.899. The predicted molar refractivity (Wildman–Crippen MR) is 100 cm³/mol. The van der Waals surface area contributed by atoms with Crippen LogP contribution in [0.3, 0.4) is 0 Å². The van der Waals surface area contributed by atoms with Crippen molar-refractivity contribution in [3.8, 4) is 0 Å². The van der Waals surface area contributed by atoms with Gasteiger partial charge in [-0.15, -0.1) is 0 Å². The maximum absolute atomic E-state index is 12.7. The number of rotatable bonds is 3. The predicted octanol–water partition coefficient (Wildman–Crippen LogP) is 2.63. The van der Waals surface area contributed by atoms with Gasteiger partial charge in [0.1, 0.15) is 5.82 Å². The summed E-state index contributed by atoms with van der Waals surface area (Å²) in [5.41, 5.74) is 1.27. The van der Waals surface area contributed by atoms with Crippen LogP contribution in [-0.2, 0) is 9.59 Å². The van der Waals surface area contributed by atoms with Crippen molar-refractivity contribution in [2.75, 3.05) is 16.9 Å². The Bertz CT molecular complexity index is 928. The molecule has 0 spiro atoms. The number of carbonyl (C=O) groups excluding carboxylic acids is 2. The molecule has 1 aromatic carbocycles. The van der Waals surface area contributed by atoms with Crippen molar-refractivity contribution >= 4 is 51.0 Å². The highest BCUT2D eigenvalue weighted by Crippen LogP contribution is 2.30. The number of thioether (sulfide) groups is 1. The number of aryl methyl sites for hydroxylation is 1. The van der Waals surface area contributed by atoms with Crippen molar-refractivity contribution in [3.05, 3.63) is 44.2 Å². The number of aromatic nitrogens is 2. The van der Waals surface area contributed by atoms with Crippen LogP contribution in [0.25, 0.3) is 0 Å². The Kier molecular flexibility index (Phi) is 4.96. The van der Waals surface area contributed by atoms with E-state index in [0.29, 0.717) is 10.8 Å². The molecule has 2 heterocycles. The van der Waals surface area contributed by atoms with Crippen LogP contribution in [0.5, 0.6) is 0 Å². The average Bonchev–Trinajstić information content (AvgIpc) is 2.55. The van der Waals surface area contributed by atoms with Crippen molar-refractivity contribution in [3.63, 3.8) is 0 Å². The van der Waals surface area contributed by atoms with E-state index < -0.39 is 17.4 Å². The van der Waals surface area contributed by atoms with Gasteiger partial charge >= 0.3 is 0 Å². The molecule has 0 bridgehead atoms. The number of fused-ring (bicyclic) bond motifs is 1. The maximum atomic E-state index is 12.7. The van der Waals surface area contributed by atoms with Gasteiger partial charge in [-0.1, -0.05) is 27.7 Å². The molecule has 0 saturated heterocycles. The number of carbonyl (C=O) groups is 2. The highest BCUT2D eigenvalue weighted by atomic mass is 79.9. The van der Waals surface area contributed by atoms with Gasteiger partial charge in [0.05, 0.1) is 11.5 Å². The number of halogens is 1. The third kappa shape index (κ3) is 3.62. The molecule has 3 N–H and O–H groups in total. The fourth-order valence-electron chi connectivity index (χ4n) is 2.66. The Morgan fingerprint density at radius 2 is 2.16 bits per heavy atom. The molecule has 7 nitrogen and oxygen atoms in total. The molecule has 2 amide bonds. The first-order chi connectivity index (χ1) is 11.9. The molecular weight excluding hydrogens is 408 g/mol. The van der Waals surface area contributed by atoms with Crippen molar-refractivity contribution in [1.82, 2.24) is 9.97 Å². The molecule has 2 aromatic rings. The third-order valence-electron chi connectivity index (χ3n) is 3.89. The first-order valence-corrected chi connectivity index (χ1v) is 9.46. The SMILES string of the molecule is CSc1nc2c(c(=O)[nH]1)C(C(=O)Nc1ccc(Br)cc1C)CC(=O)N2. The van der Waals surface area contributed by atoms with Gasteiger partial charge in [0.2, 0.25) is 11.8 Å². The molecular formula is C16H15BrN4O3S. The smallest absolute Gasteiger partial charge is 0.257 e.